The number of amides is 1. The first kappa shape index (κ1) is 19.4. The van der Waals surface area contributed by atoms with Crippen LogP contribution < -0.4 is 10.1 Å². The van der Waals surface area contributed by atoms with Gasteiger partial charge in [-0.05, 0) is 42.9 Å². The van der Waals surface area contributed by atoms with Crippen molar-refractivity contribution in [2.75, 3.05) is 11.9 Å². The van der Waals surface area contributed by atoms with E-state index in [2.05, 4.69) is 55.3 Å². The Balaban J connectivity index is 1.97. The first-order chi connectivity index (χ1) is 11.9. The van der Waals surface area contributed by atoms with Gasteiger partial charge in [-0.1, -0.05) is 51.2 Å². The summed E-state index contributed by atoms with van der Waals surface area (Å²) >= 11 is 1.44. The smallest absolute Gasteiger partial charge is 0.264 e. The van der Waals surface area contributed by atoms with Crippen molar-refractivity contribution in [2.45, 2.75) is 59.3 Å². The molecule has 0 saturated carbocycles. The van der Waals surface area contributed by atoms with Crippen LogP contribution in [0.5, 0.6) is 5.75 Å². The van der Waals surface area contributed by atoms with E-state index in [-0.39, 0.29) is 12.5 Å². The highest BCUT2D eigenvalue weighted by Crippen LogP contribution is 2.29. The molecule has 0 bridgehead atoms. The van der Waals surface area contributed by atoms with Crippen LogP contribution >= 0.6 is 11.3 Å². The van der Waals surface area contributed by atoms with E-state index in [1.165, 1.54) is 11.3 Å². The summed E-state index contributed by atoms with van der Waals surface area (Å²) < 4.78 is 5.75. The van der Waals surface area contributed by atoms with Crippen molar-refractivity contribution in [3.63, 3.8) is 0 Å². The second-order valence-corrected chi connectivity index (χ2v) is 7.50. The maximum absolute atomic E-state index is 12.2. The van der Waals surface area contributed by atoms with Crippen molar-refractivity contribution in [1.82, 2.24) is 10.2 Å². The lowest BCUT2D eigenvalue weighted by molar-refractivity contribution is -0.118. The molecule has 2 rings (SSSR count). The van der Waals surface area contributed by atoms with Gasteiger partial charge in [0.25, 0.3) is 5.91 Å². The zero-order valence-electron chi connectivity index (χ0n) is 15.6. The molecule has 0 spiro atoms. The Labute approximate surface area is 153 Å². The van der Waals surface area contributed by atoms with Crippen molar-refractivity contribution in [3.8, 4) is 5.75 Å². The van der Waals surface area contributed by atoms with E-state index in [0.29, 0.717) is 17.0 Å². The topological polar surface area (TPSA) is 64.1 Å². The Morgan fingerprint density at radius 2 is 1.96 bits per heavy atom. The number of aromatic nitrogens is 2. The summed E-state index contributed by atoms with van der Waals surface area (Å²) in [5.41, 5.74) is 2.21. The number of aryl methyl sites for hydroxylation is 1. The molecule has 25 heavy (non-hydrogen) atoms. The molecule has 0 aliphatic heterocycles. The Hall–Kier alpha value is -1.95. The lowest BCUT2D eigenvalue weighted by Crippen LogP contribution is -2.20. The van der Waals surface area contributed by atoms with Crippen molar-refractivity contribution < 1.29 is 9.53 Å². The largest absolute Gasteiger partial charge is 0.483 e. The third kappa shape index (κ3) is 5.26. The van der Waals surface area contributed by atoms with Crippen LogP contribution in [0, 0.1) is 6.92 Å². The Kier molecular flexibility index (Phi) is 6.93. The second kappa shape index (κ2) is 8.94. The highest BCUT2D eigenvalue weighted by atomic mass is 32.1. The van der Waals surface area contributed by atoms with Gasteiger partial charge >= 0.3 is 0 Å². The molecule has 6 heteroatoms. The number of ether oxygens (including phenoxy) is 1. The summed E-state index contributed by atoms with van der Waals surface area (Å²) in [6.07, 6.45) is 2.04. The Morgan fingerprint density at radius 3 is 2.60 bits per heavy atom. The fourth-order valence-electron chi connectivity index (χ4n) is 2.63. The Bertz CT molecular complexity index is 708. The molecule has 0 unspecified atom stereocenters. The molecular formula is C19H27N3O2S. The normalized spacial score (nSPS) is 11.2. The van der Waals surface area contributed by atoms with Crippen LogP contribution in [0.15, 0.2) is 18.2 Å². The fraction of sp³-hybridized carbons (Fsp3) is 0.526. The quantitative estimate of drug-likeness (QED) is 0.727. The van der Waals surface area contributed by atoms with Crippen LogP contribution in [-0.4, -0.2) is 22.7 Å². The van der Waals surface area contributed by atoms with E-state index in [0.717, 1.165) is 34.7 Å². The molecule has 1 aromatic carbocycles. The van der Waals surface area contributed by atoms with E-state index in [1.807, 2.05) is 13.0 Å². The third-order valence-electron chi connectivity index (χ3n) is 4.17. The molecule has 0 aliphatic carbocycles. The fourth-order valence-corrected chi connectivity index (χ4v) is 3.66. The maximum Gasteiger partial charge on any atom is 0.264 e. The van der Waals surface area contributed by atoms with Gasteiger partial charge in [-0.25, -0.2) is 0 Å². The molecule has 2 aromatic rings. The number of nitrogens with zero attached hydrogens (tertiary/aromatic N) is 2. The van der Waals surface area contributed by atoms with Crippen LogP contribution in [0.3, 0.4) is 0 Å². The number of nitrogens with one attached hydrogen (secondary N) is 1. The second-order valence-electron chi connectivity index (χ2n) is 6.49. The third-order valence-corrected chi connectivity index (χ3v) is 5.17. The summed E-state index contributed by atoms with van der Waals surface area (Å²) in [5, 5.41) is 12.5. The number of anilines is 1. The lowest BCUT2D eigenvalue weighted by Gasteiger charge is -2.14. The summed E-state index contributed by atoms with van der Waals surface area (Å²) in [7, 11) is 0. The standard InChI is InChI=1S/C19H27N3O2S/c1-6-14(7-2)18-21-22-19(25-18)20-17(23)11-24-16-10-13(5)8-9-15(16)12(3)4/h8-10,12,14H,6-7,11H2,1-5H3,(H,20,22,23). The van der Waals surface area contributed by atoms with Crippen LogP contribution in [0.4, 0.5) is 5.13 Å². The zero-order valence-corrected chi connectivity index (χ0v) is 16.4. The number of carbonyl (C=O) groups excluding carboxylic acids is 1. The summed E-state index contributed by atoms with van der Waals surface area (Å²) in [5.74, 6) is 1.29. The van der Waals surface area contributed by atoms with Gasteiger partial charge in [0.1, 0.15) is 10.8 Å². The minimum atomic E-state index is -0.219. The van der Waals surface area contributed by atoms with E-state index < -0.39 is 0 Å². The lowest BCUT2D eigenvalue weighted by atomic mass is 10.0. The Morgan fingerprint density at radius 1 is 1.24 bits per heavy atom. The average molecular weight is 362 g/mol. The zero-order chi connectivity index (χ0) is 18.4. The van der Waals surface area contributed by atoms with Crippen LogP contribution in [0.25, 0.3) is 0 Å². The molecule has 1 aromatic heterocycles. The van der Waals surface area contributed by atoms with Crippen molar-refractivity contribution in [1.29, 1.82) is 0 Å². The molecule has 1 N–H and O–H groups in total. The maximum atomic E-state index is 12.2. The highest BCUT2D eigenvalue weighted by molar-refractivity contribution is 7.15. The minimum absolute atomic E-state index is 0.0386. The first-order valence-corrected chi connectivity index (χ1v) is 9.62. The number of hydrogen-bond donors (Lipinski definition) is 1. The van der Waals surface area contributed by atoms with Gasteiger partial charge in [-0.15, -0.1) is 10.2 Å². The van der Waals surface area contributed by atoms with E-state index >= 15 is 0 Å². The van der Waals surface area contributed by atoms with Crippen molar-refractivity contribution in [3.05, 3.63) is 34.3 Å². The van der Waals surface area contributed by atoms with E-state index in [9.17, 15) is 4.79 Å². The molecule has 136 valence electrons. The van der Waals surface area contributed by atoms with Crippen LogP contribution in [0.2, 0.25) is 0 Å². The minimum Gasteiger partial charge on any atom is -0.483 e. The summed E-state index contributed by atoms with van der Waals surface area (Å²) in [4.78, 5) is 12.2. The predicted molar refractivity (Wildman–Crippen MR) is 103 cm³/mol. The number of benzene rings is 1. The van der Waals surface area contributed by atoms with Crippen molar-refractivity contribution >= 4 is 22.4 Å². The number of carbonyl (C=O) groups is 1. The monoisotopic (exact) mass is 361 g/mol. The van der Waals surface area contributed by atoms with Gasteiger partial charge in [0.05, 0.1) is 0 Å². The molecule has 1 amide bonds. The summed E-state index contributed by atoms with van der Waals surface area (Å²) in [6, 6.07) is 6.08. The summed E-state index contributed by atoms with van der Waals surface area (Å²) in [6.45, 7) is 10.5. The highest BCUT2D eigenvalue weighted by Gasteiger charge is 2.15. The van der Waals surface area contributed by atoms with Gasteiger partial charge in [0.2, 0.25) is 5.13 Å². The van der Waals surface area contributed by atoms with E-state index in [1.54, 1.807) is 0 Å². The van der Waals surface area contributed by atoms with Crippen LogP contribution in [-0.2, 0) is 4.79 Å². The van der Waals surface area contributed by atoms with Gasteiger partial charge in [-0.3, -0.25) is 10.1 Å². The molecule has 0 aliphatic rings. The first-order valence-electron chi connectivity index (χ1n) is 8.81. The van der Waals surface area contributed by atoms with Gasteiger partial charge in [0.15, 0.2) is 6.61 Å². The molecule has 5 nitrogen and oxygen atoms in total. The van der Waals surface area contributed by atoms with Gasteiger partial charge in [0, 0.05) is 5.92 Å². The average Bonchev–Trinajstić information content (AvgIpc) is 3.02. The molecule has 0 atom stereocenters. The number of rotatable bonds is 8. The molecule has 1 heterocycles. The van der Waals surface area contributed by atoms with Crippen LogP contribution in [0.1, 0.15) is 68.5 Å². The van der Waals surface area contributed by atoms with Gasteiger partial charge in [-0.2, -0.15) is 0 Å². The SMILES string of the molecule is CCC(CC)c1nnc(NC(=O)COc2cc(C)ccc2C(C)C)s1. The molecular weight excluding hydrogens is 334 g/mol. The number of hydrogen-bond acceptors (Lipinski definition) is 5. The molecule has 0 fully saturated rings. The molecule has 0 radical (unpaired) electrons. The predicted octanol–water partition coefficient (Wildman–Crippen LogP) is 4.89. The van der Waals surface area contributed by atoms with Crippen molar-refractivity contribution in [2.24, 2.45) is 0 Å². The van der Waals surface area contributed by atoms with E-state index in [4.69, 9.17) is 4.74 Å². The van der Waals surface area contributed by atoms with Gasteiger partial charge < -0.3 is 4.74 Å². The molecule has 0 saturated heterocycles.